The lowest BCUT2D eigenvalue weighted by molar-refractivity contribution is -0.156. The highest BCUT2D eigenvalue weighted by Crippen LogP contribution is 2.26. The van der Waals surface area contributed by atoms with E-state index >= 15 is 0 Å². The van der Waals surface area contributed by atoms with Crippen molar-refractivity contribution in [1.29, 1.82) is 0 Å². The van der Waals surface area contributed by atoms with Gasteiger partial charge in [0.1, 0.15) is 88.7 Å². The van der Waals surface area contributed by atoms with E-state index in [9.17, 15) is 86.9 Å². The molecule has 9 amide bonds. The van der Waals surface area contributed by atoms with E-state index in [1.54, 1.807) is 67.2 Å². The average Bonchev–Trinajstić information content (AvgIpc) is 1.66. The van der Waals surface area contributed by atoms with Gasteiger partial charge in [0.05, 0.1) is 6.04 Å². The van der Waals surface area contributed by atoms with Crippen LogP contribution in [0.15, 0.2) is 0 Å². The molecule has 2 saturated heterocycles. The van der Waals surface area contributed by atoms with Gasteiger partial charge in [-0.05, 0) is 186 Å². The molecule has 2 rings (SSSR count). The van der Waals surface area contributed by atoms with E-state index in [1.807, 2.05) is 0 Å². The average molecular weight is 1700 g/mol. The summed E-state index contributed by atoms with van der Waals surface area (Å²) < 4.78 is 16.6. The molecule has 10 N–H and O–H groups in total. The van der Waals surface area contributed by atoms with Crippen LogP contribution in [0, 0.1) is 0 Å². The van der Waals surface area contributed by atoms with Gasteiger partial charge in [0.25, 0.3) is 0 Å². The van der Waals surface area contributed by atoms with Crippen LogP contribution in [0.25, 0.3) is 0 Å². The molecule has 10 unspecified atom stereocenters. The summed E-state index contributed by atoms with van der Waals surface area (Å²) in [5.74, 6) is -11.9. The Morgan fingerprint density at radius 3 is 1.00 bits per heavy atom. The van der Waals surface area contributed by atoms with Gasteiger partial charge in [0.2, 0.25) is 53.2 Å². The lowest BCUT2D eigenvalue weighted by Crippen LogP contribution is -2.59. The first-order chi connectivity index (χ1) is 56.5. The second-order valence-electron chi connectivity index (χ2n) is 35.9. The van der Waals surface area contributed by atoms with E-state index in [0.717, 1.165) is 57.8 Å². The second-order valence-corrected chi connectivity index (χ2v) is 35.9. The van der Waals surface area contributed by atoms with Crippen molar-refractivity contribution >= 4 is 94.4 Å². The molecule has 31 heteroatoms. The molecule has 0 saturated carbocycles. The number of rotatable bonds is 64. The van der Waals surface area contributed by atoms with Crippen LogP contribution in [0.3, 0.4) is 0 Å². The number of hydrogen-bond donors (Lipinski definition) is 10. The number of carboxylic acid groups (broad SMARTS) is 1. The summed E-state index contributed by atoms with van der Waals surface area (Å²) in [7, 11) is 0. The number of carboxylic acids is 1. The summed E-state index contributed by atoms with van der Waals surface area (Å²) in [4.78, 5) is 222. The largest absolute Gasteiger partial charge is 0.480 e. The number of ether oxygens (including phenoxy) is 3. The fourth-order valence-electron chi connectivity index (χ4n) is 14.6. The lowest BCUT2D eigenvalue weighted by atomic mass is 10.0. The summed E-state index contributed by atoms with van der Waals surface area (Å²) in [6.07, 6.45) is 22.0. The molecule has 2 aliphatic heterocycles. The van der Waals surface area contributed by atoms with Crippen LogP contribution in [0.1, 0.15) is 373 Å². The van der Waals surface area contributed by atoms with Crippen molar-refractivity contribution in [3.8, 4) is 0 Å². The Morgan fingerprint density at radius 1 is 0.342 bits per heavy atom. The topological polar surface area (TPSA) is 444 Å². The summed E-state index contributed by atoms with van der Waals surface area (Å²) >= 11 is 0. The number of carbonyl (C=O) groups excluding carboxylic acids is 15. The third-order valence-electron chi connectivity index (χ3n) is 21.1. The Balaban J connectivity index is 2.38. The molecule has 0 aromatic rings. The van der Waals surface area contributed by atoms with Gasteiger partial charge in [-0.1, -0.05) is 142 Å². The van der Waals surface area contributed by atoms with Gasteiger partial charge in [-0.15, -0.1) is 0 Å². The van der Waals surface area contributed by atoms with Gasteiger partial charge in [0, 0.05) is 64.6 Å². The zero-order valence-electron chi connectivity index (χ0n) is 75.3. The van der Waals surface area contributed by atoms with E-state index in [1.165, 1.54) is 103 Å². The number of aliphatic hydroxyl groups excluding tert-OH is 1. The van der Waals surface area contributed by atoms with E-state index in [4.69, 9.17) is 14.2 Å². The predicted molar refractivity (Wildman–Crippen MR) is 456 cm³/mol. The number of aliphatic hydroxyl groups is 1. The highest BCUT2D eigenvalue weighted by Gasteiger charge is 2.41. The molecule has 2 fully saturated rings. The van der Waals surface area contributed by atoms with Crippen molar-refractivity contribution in [2.45, 2.75) is 450 Å². The Bertz CT molecular complexity index is 3220. The number of unbranched alkanes of at least 4 members (excludes halogenated alkanes) is 21. The van der Waals surface area contributed by atoms with Gasteiger partial charge < -0.3 is 86.2 Å². The second kappa shape index (κ2) is 58.9. The van der Waals surface area contributed by atoms with E-state index in [2.05, 4.69) is 56.4 Å². The van der Waals surface area contributed by atoms with Gasteiger partial charge in [-0.2, -0.15) is 0 Å². The lowest BCUT2D eigenvalue weighted by Gasteiger charge is -2.30. The van der Waals surface area contributed by atoms with Crippen molar-refractivity contribution in [3.05, 3.63) is 0 Å². The first-order valence-electron chi connectivity index (χ1n) is 45.0. The maximum atomic E-state index is 14.8. The predicted octanol–water partition coefficient (Wildman–Crippen LogP) is 10.4. The van der Waals surface area contributed by atoms with Crippen molar-refractivity contribution in [3.63, 3.8) is 0 Å². The maximum Gasteiger partial charge on any atom is 0.326 e. The SMILES string of the molecule is CCCCCCCCCCCCCC(=O)N1CCCC1C(=O)NC(CCC(C)=O)C(=O)NC(CCC(C)=O)C(=O)NC(CCC(C)=O)C(=O)NCCCCC(NC(=O)C(CCC(=O)OC(C)(C)C)NC(=O)C(CCC(=O)OC(C)(C)C)NC(=O)C(CCC(=O)OC(C)(C)C)NC(=O)C1CCCN1C(O)CCCCCCCCCCCCC)C(=O)O. The molecule has 120 heavy (non-hydrogen) atoms. The minimum Gasteiger partial charge on any atom is -0.480 e. The van der Waals surface area contributed by atoms with Crippen LogP contribution in [-0.2, 0) is 90.9 Å². The molecule has 0 bridgehead atoms. The van der Waals surface area contributed by atoms with E-state index < -0.39 is 174 Å². The van der Waals surface area contributed by atoms with Crippen molar-refractivity contribution < 1.29 is 101 Å². The van der Waals surface area contributed by atoms with Crippen LogP contribution < -0.4 is 42.5 Å². The zero-order valence-corrected chi connectivity index (χ0v) is 75.3. The van der Waals surface area contributed by atoms with Crippen LogP contribution in [0.5, 0.6) is 0 Å². The standard InChI is InChI=1S/C89H154N10O21/c1-15-17-19-21-23-25-27-29-31-33-35-44-73(103)98-59-39-42-71(98)84(114)95-66(51-48-63(5)102)80(110)92-65(50-47-62(4)101)79(109)91-64(49-46-61(3)100)78(108)90-58-38-37-41-70(86(116)117)97-83(113)68(53-56-76(106)119-88(9,10)11)94-81(111)67(52-55-75(105)118-87(6,7)8)93-82(112)69(54-57-77(107)120-89(12,13)14)96-85(115)72-43-40-60-99(72)74(104)45-36-34-32-30-28-26-24-22-20-18-16-2/h64-72,74,104H,15-60H2,1-14H3,(H,90,108)(H,91,109)(H,92,110)(H,93,112)(H,94,111)(H,95,114)(H,96,115)(H,97,113)(H,116,117). The van der Waals surface area contributed by atoms with Crippen LogP contribution in [-0.4, -0.2) is 211 Å². The number of carbonyl (C=O) groups is 16. The number of Topliss-reactive ketones (excluding diaryl/α,β-unsaturated/α-hetero) is 3. The summed E-state index contributed by atoms with van der Waals surface area (Å²) in [6.45, 7) is 23.5. The minimum absolute atomic E-state index is 0.00907. The first-order valence-corrected chi connectivity index (χ1v) is 45.0. The summed E-state index contributed by atoms with van der Waals surface area (Å²) in [6, 6.07) is -12.6. The van der Waals surface area contributed by atoms with Crippen molar-refractivity contribution in [1.82, 2.24) is 52.3 Å². The Labute approximate surface area is 714 Å². The molecule has 0 spiro atoms. The van der Waals surface area contributed by atoms with Gasteiger partial charge in [-0.3, -0.25) is 62.4 Å². The molecule has 31 nitrogen and oxygen atoms in total. The number of ketones is 3. The molecule has 10 atom stereocenters. The van der Waals surface area contributed by atoms with Crippen LogP contribution >= 0.6 is 0 Å². The Morgan fingerprint density at radius 2 is 0.642 bits per heavy atom. The normalized spacial score (nSPS) is 16.3. The molecular weight excluding hydrogens is 1550 g/mol. The number of aliphatic carboxylic acids is 1. The van der Waals surface area contributed by atoms with Gasteiger partial charge in [0.15, 0.2) is 0 Å². The highest BCUT2D eigenvalue weighted by atomic mass is 16.6. The molecule has 686 valence electrons. The third kappa shape index (κ3) is 49.2. The molecule has 0 aliphatic carbocycles. The van der Waals surface area contributed by atoms with Crippen LogP contribution in [0.4, 0.5) is 0 Å². The molecule has 0 radical (unpaired) electrons. The van der Waals surface area contributed by atoms with Gasteiger partial charge >= 0.3 is 23.9 Å². The summed E-state index contributed by atoms with van der Waals surface area (Å²) in [5.41, 5.74) is -2.91. The van der Waals surface area contributed by atoms with Crippen LogP contribution in [0.2, 0.25) is 0 Å². The number of hydrogen-bond acceptors (Lipinski definition) is 21. The maximum absolute atomic E-state index is 14.8. The quantitative estimate of drug-likeness (QED) is 0.0154. The minimum atomic E-state index is -1.72. The fourth-order valence-corrected chi connectivity index (χ4v) is 14.6. The van der Waals surface area contributed by atoms with E-state index in [-0.39, 0.29) is 107 Å². The van der Waals surface area contributed by atoms with Gasteiger partial charge in [-0.25, -0.2) is 4.79 Å². The molecule has 0 aromatic carbocycles. The summed E-state index contributed by atoms with van der Waals surface area (Å²) in [5, 5.41) is 42.9. The molecular formula is C89H154N10O21. The number of esters is 3. The zero-order chi connectivity index (χ0) is 90.0. The third-order valence-corrected chi connectivity index (χ3v) is 21.1. The fraction of sp³-hybridized carbons (Fsp3) is 0.820. The number of likely N-dealkylation sites (tertiary alicyclic amines) is 2. The number of nitrogens with one attached hydrogen (secondary N) is 8. The monoisotopic (exact) mass is 1700 g/mol. The Kier molecular flexibility index (Phi) is 53.1. The molecule has 0 aromatic heterocycles. The number of nitrogens with zero attached hydrogens (tertiary/aromatic N) is 2. The highest BCUT2D eigenvalue weighted by molar-refractivity contribution is 5.98. The van der Waals surface area contributed by atoms with Crippen molar-refractivity contribution in [2.24, 2.45) is 0 Å². The Hall–Kier alpha value is -7.96. The van der Waals surface area contributed by atoms with Crippen molar-refractivity contribution in [2.75, 3.05) is 19.6 Å². The first kappa shape index (κ1) is 108. The number of amides is 9. The molecule has 2 aliphatic rings. The smallest absolute Gasteiger partial charge is 0.326 e. The molecule has 2 heterocycles. The van der Waals surface area contributed by atoms with E-state index in [0.29, 0.717) is 51.6 Å².